The van der Waals surface area contributed by atoms with E-state index in [0.29, 0.717) is 167 Å². The Morgan fingerprint density at radius 2 is 0.329 bits per heavy atom. The Bertz CT molecular complexity index is 2830. The molecular weight excluding hydrogens is 1060 g/mol. The molecule has 0 spiro atoms. The third-order valence-electron chi connectivity index (χ3n) is 16.1. The van der Waals surface area contributed by atoms with E-state index in [0.717, 1.165) is 77.0 Å². The van der Waals surface area contributed by atoms with Crippen LogP contribution in [0.25, 0.3) is 0 Å². The maximum absolute atomic E-state index is 6.70. The lowest BCUT2D eigenvalue weighted by Crippen LogP contribution is -2.58. The van der Waals surface area contributed by atoms with Crippen LogP contribution in [0.1, 0.15) is 154 Å². The van der Waals surface area contributed by atoms with Crippen LogP contribution < -0.4 is 21.9 Å². The molecule has 1 aromatic carbocycles. The van der Waals surface area contributed by atoms with E-state index in [-0.39, 0.29) is 0 Å². The molecule has 0 unspecified atom stereocenters. The zero-order valence-electron chi connectivity index (χ0n) is 45.4. The number of benzene rings is 1. The third-order valence-corrected chi connectivity index (χ3v) is 16.1. The molecule has 6 aliphatic heterocycles. The number of oxime groups is 12. The topological polar surface area (TPSA) is 285 Å². The van der Waals surface area contributed by atoms with Crippen molar-refractivity contribution in [3.63, 3.8) is 0 Å². The fourth-order valence-corrected chi connectivity index (χ4v) is 11.1. The Morgan fingerprint density at radius 3 is 0.476 bits per heavy atom. The van der Waals surface area contributed by atoms with Crippen LogP contribution in [-0.4, -0.2) is 106 Å². The van der Waals surface area contributed by atoms with Crippen molar-refractivity contribution in [3.8, 4) is 0 Å². The van der Waals surface area contributed by atoms with E-state index in [1.54, 1.807) is 73.3 Å². The van der Waals surface area contributed by atoms with Crippen molar-refractivity contribution >= 4 is 117 Å². The lowest BCUT2D eigenvalue weighted by Gasteiger charge is -2.39. The first-order valence-corrected chi connectivity index (χ1v) is 28.9. The number of fused-ring (bicyclic) bond motifs is 12. The largest absolute Gasteiger partial charge is 0.640 e. The van der Waals surface area contributed by atoms with Gasteiger partial charge in [0.1, 0.15) is 0 Å². The fraction of sp³-hybridized carbons (Fsp3) is 0.462. The molecule has 0 amide bonds. The molecule has 0 atom stereocenters. The van der Waals surface area contributed by atoms with Crippen molar-refractivity contribution in [2.24, 2.45) is 61.9 Å². The van der Waals surface area contributed by atoms with Crippen molar-refractivity contribution in [2.45, 2.75) is 154 Å². The van der Waals surface area contributed by atoms with Crippen LogP contribution in [0.4, 0.5) is 0 Å². The van der Waals surface area contributed by atoms with Crippen LogP contribution >= 0.6 is 0 Å². The molecular formula is C52H60B4N14O12-4. The van der Waals surface area contributed by atoms with Crippen LogP contribution in [0, 0.1) is 0 Å². The standard InChI is InChI=1S/C52H60B4N14O12/c1-7-19-47-41(13-1)59-71-53(72-60-42-14-2-8-20-48(42)66-78-55(77-65-47,39-29-33-57-34-30-39)79-67-49-21-9-3-15-43(49)61-73-53)37-25-27-38(28-26-37)54-74-62-44-16-4-10-22-50(44)68-80-56(40-31-35-58-36-32-40,81-69-51-23-11-5-17-45(51)63-75-54)82-70-52-24-12-6-18-46(52)64-76-54/h25-36H,1-24H2/q-4/b59-41+,60-42+,61-43+,62-44+,63-45+,64-46+,65-47+,66-48+,67-49?,68-50+,69-51+,70-52?. The molecule has 6 fully saturated rings. The van der Waals surface area contributed by atoms with Crippen LogP contribution in [0.2, 0.25) is 0 Å². The molecule has 0 saturated heterocycles. The summed E-state index contributed by atoms with van der Waals surface area (Å²) < 4.78 is 79.0. The van der Waals surface area contributed by atoms with Gasteiger partial charge in [-0.25, -0.2) is 0 Å². The molecule has 8 heterocycles. The smallest absolute Gasteiger partial charge is 0.536 e. The number of pyridine rings is 2. The Kier molecular flexibility index (Phi) is 15.1. The normalized spacial score (nSPS) is 34.9. The molecule has 3 aromatic rings. The van der Waals surface area contributed by atoms with Crippen LogP contribution in [-0.2, 0) is 57.1 Å². The molecule has 4 bridgehead atoms. The molecule has 26 nitrogen and oxygen atoms in total. The predicted molar refractivity (Wildman–Crippen MR) is 310 cm³/mol. The summed E-state index contributed by atoms with van der Waals surface area (Å²) >= 11 is 0. The summed E-state index contributed by atoms with van der Waals surface area (Å²) in [6.07, 6.45) is 21.8. The molecule has 6 saturated carbocycles. The molecule has 30 heteroatoms. The van der Waals surface area contributed by atoms with E-state index >= 15 is 0 Å². The van der Waals surface area contributed by atoms with Crippen molar-refractivity contribution in [1.82, 2.24) is 9.97 Å². The van der Waals surface area contributed by atoms with Crippen LogP contribution in [0.5, 0.6) is 0 Å². The monoisotopic (exact) mass is 1120 g/mol. The average molecular weight is 1120 g/mol. The highest BCUT2D eigenvalue weighted by Crippen LogP contribution is 2.29. The third kappa shape index (κ3) is 11.0. The first-order valence-electron chi connectivity index (χ1n) is 28.9. The van der Waals surface area contributed by atoms with E-state index in [2.05, 4.69) is 9.97 Å². The highest BCUT2D eigenvalue weighted by molar-refractivity contribution is 6.78. The Hall–Kier alpha value is -8.58. The second-order valence-corrected chi connectivity index (χ2v) is 21.8. The quantitative estimate of drug-likeness (QED) is 0.255. The van der Waals surface area contributed by atoms with E-state index in [1.807, 2.05) is 0 Å². The van der Waals surface area contributed by atoms with Gasteiger partial charge in [-0.3, -0.25) is 9.97 Å². The number of hydrogen-bond acceptors (Lipinski definition) is 26. The maximum Gasteiger partial charge on any atom is 0.640 e. The first-order chi connectivity index (χ1) is 40.5. The van der Waals surface area contributed by atoms with Gasteiger partial charge in [0.15, 0.2) is 0 Å². The summed E-state index contributed by atoms with van der Waals surface area (Å²) in [5, 5.41) is 57.0. The van der Waals surface area contributed by atoms with E-state index in [9.17, 15) is 0 Å². The molecule has 2 aromatic heterocycles. The molecule has 0 radical (unpaired) electrons. The minimum absolute atomic E-state index is 0.316. The molecule has 0 N–H and O–H groups in total. The minimum atomic E-state index is -3.31. The minimum Gasteiger partial charge on any atom is -0.536 e. The second-order valence-electron chi connectivity index (χ2n) is 21.8. The van der Waals surface area contributed by atoms with Crippen LogP contribution in [0.15, 0.2) is 135 Å². The van der Waals surface area contributed by atoms with Crippen molar-refractivity contribution in [1.29, 1.82) is 0 Å². The van der Waals surface area contributed by atoms with Gasteiger partial charge in [0, 0.05) is 24.8 Å². The van der Waals surface area contributed by atoms with Crippen molar-refractivity contribution in [3.05, 3.63) is 73.3 Å². The predicted octanol–water partition coefficient (Wildman–Crippen LogP) is 6.43. The van der Waals surface area contributed by atoms with E-state index < -0.39 is 27.0 Å². The Labute approximate surface area is 472 Å². The summed E-state index contributed by atoms with van der Waals surface area (Å²) in [6, 6.07) is 13.7. The highest BCUT2D eigenvalue weighted by atomic mass is 16.9. The zero-order chi connectivity index (χ0) is 55.1. The van der Waals surface area contributed by atoms with Gasteiger partial charge >= 0.3 is 27.0 Å². The lowest BCUT2D eigenvalue weighted by atomic mass is 9.65. The summed E-state index contributed by atoms with van der Waals surface area (Å²) in [7, 11) is 0. The molecule has 426 valence electrons. The maximum atomic E-state index is 6.70. The zero-order valence-corrected chi connectivity index (χ0v) is 45.4. The van der Waals surface area contributed by atoms with Crippen molar-refractivity contribution < 1.29 is 57.1 Å². The van der Waals surface area contributed by atoms with Gasteiger partial charge in [0.25, 0.3) is 0 Å². The van der Waals surface area contributed by atoms with Gasteiger partial charge in [-0.05, 0) is 154 Å². The Morgan fingerprint density at radius 1 is 0.195 bits per heavy atom. The van der Waals surface area contributed by atoms with Gasteiger partial charge in [-0.15, -0.1) is 61.9 Å². The summed E-state index contributed by atoms with van der Waals surface area (Å²) in [6.45, 7) is -12.7. The summed E-state index contributed by atoms with van der Waals surface area (Å²) in [5.74, 6) is 0. The van der Waals surface area contributed by atoms with Gasteiger partial charge in [-0.2, -0.15) is 0 Å². The van der Waals surface area contributed by atoms with E-state index in [1.165, 1.54) is 0 Å². The highest BCUT2D eigenvalue weighted by Gasteiger charge is 2.48. The molecule has 12 aliphatic rings. The number of hydrogen-bond donors (Lipinski definition) is 0. The average Bonchev–Trinajstić information content (AvgIpc) is 3.63. The number of rotatable bonds is 4. The molecule has 6 aliphatic carbocycles. The van der Waals surface area contributed by atoms with Gasteiger partial charge < -0.3 is 57.1 Å². The Balaban J connectivity index is 0.969. The second kappa shape index (κ2) is 23.5. The molecule has 15 rings (SSSR count). The van der Waals surface area contributed by atoms with Gasteiger partial charge in [-0.1, -0.05) is 70.4 Å². The number of aromatic nitrogens is 2. The van der Waals surface area contributed by atoms with Crippen molar-refractivity contribution in [2.75, 3.05) is 0 Å². The van der Waals surface area contributed by atoms with Gasteiger partial charge in [0.05, 0.1) is 68.5 Å². The number of nitrogens with zero attached hydrogens (tertiary/aromatic N) is 14. The van der Waals surface area contributed by atoms with Crippen LogP contribution in [0.3, 0.4) is 0 Å². The molecule has 82 heavy (non-hydrogen) atoms. The fourth-order valence-electron chi connectivity index (χ4n) is 11.1. The summed E-state index contributed by atoms with van der Waals surface area (Å²) in [4.78, 5) is 8.48. The summed E-state index contributed by atoms with van der Waals surface area (Å²) in [5.41, 5.74) is 7.31. The first kappa shape index (κ1) is 52.8. The van der Waals surface area contributed by atoms with Gasteiger partial charge in [0.2, 0.25) is 0 Å². The SMILES string of the molecule is c1cc([B-]23ON=C4CCCC/C4=N\O[B-](c4ccc([B-]56O/N=C7\CCCCC7=NO[B-](c7ccncc7)(O/N=C7\CCCC\C7=N/O5)O/N=C5\CCCC\C5=N/O6)cc4)(O/N=C4\CCCC\C4=N/O2)O/N=C2\CCCC\C2=N/O3)ccn1. The van der Waals surface area contributed by atoms with E-state index in [4.69, 9.17) is 119 Å². The lowest BCUT2D eigenvalue weighted by molar-refractivity contribution is 0.0755.